The minimum absolute atomic E-state index is 0.669. The third kappa shape index (κ3) is 2.98. The summed E-state index contributed by atoms with van der Waals surface area (Å²) in [6, 6.07) is 8.14. The molecule has 1 saturated heterocycles. The second-order valence-corrected chi connectivity index (χ2v) is 6.44. The molecule has 0 amide bonds. The molecule has 0 spiro atoms. The molecule has 1 fully saturated rings. The van der Waals surface area contributed by atoms with Crippen molar-refractivity contribution in [2.45, 2.75) is 24.5 Å². The fraction of sp³-hybridized carbons (Fsp3) is 0.467. The average Bonchev–Trinajstić information content (AvgIpc) is 2.53. The fourth-order valence-electron chi connectivity index (χ4n) is 2.50. The van der Waals surface area contributed by atoms with Gasteiger partial charge in [-0.1, -0.05) is 18.6 Å². The summed E-state index contributed by atoms with van der Waals surface area (Å²) in [6.45, 7) is 0.981. The van der Waals surface area contributed by atoms with Crippen molar-refractivity contribution in [1.82, 2.24) is 9.97 Å². The number of rotatable bonds is 4. The molecule has 1 atom stereocenters. The Kier molecular flexibility index (Phi) is 4.25. The maximum absolute atomic E-state index is 4.56. The molecule has 1 aliphatic rings. The first-order chi connectivity index (χ1) is 9.86. The van der Waals surface area contributed by atoms with Crippen molar-refractivity contribution in [3.63, 3.8) is 0 Å². The molecule has 1 aromatic carbocycles. The molecule has 2 aromatic rings. The zero-order valence-corrected chi connectivity index (χ0v) is 12.5. The molecule has 1 aromatic heterocycles. The number of aromatic nitrogens is 2. The van der Waals surface area contributed by atoms with Crippen molar-refractivity contribution < 1.29 is 0 Å². The largest absolute Gasteiger partial charge is 0.368 e. The van der Waals surface area contributed by atoms with Crippen LogP contribution in [-0.2, 0) is 0 Å². The van der Waals surface area contributed by atoms with Gasteiger partial charge in [0.25, 0.3) is 0 Å². The summed E-state index contributed by atoms with van der Waals surface area (Å²) in [6.07, 6.45) is 4.02. The van der Waals surface area contributed by atoms with E-state index >= 15 is 0 Å². The molecule has 0 bridgehead atoms. The van der Waals surface area contributed by atoms with E-state index in [4.69, 9.17) is 0 Å². The van der Waals surface area contributed by atoms with Crippen LogP contribution in [0.2, 0.25) is 0 Å². The first-order valence-electron chi connectivity index (χ1n) is 7.17. The highest BCUT2D eigenvalue weighted by Gasteiger charge is 2.14. The van der Waals surface area contributed by atoms with Gasteiger partial charge in [-0.2, -0.15) is 16.7 Å². The third-order valence-corrected chi connectivity index (χ3v) is 5.00. The topological polar surface area (TPSA) is 49.8 Å². The fourth-order valence-corrected chi connectivity index (χ4v) is 3.74. The number of para-hydroxylation sites is 1. The lowest BCUT2D eigenvalue weighted by Crippen LogP contribution is -2.20. The molecule has 5 heteroatoms. The number of hydrogen-bond acceptors (Lipinski definition) is 5. The van der Waals surface area contributed by atoms with Gasteiger partial charge >= 0.3 is 0 Å². The maximum atomic E-state index is 4.56. The van der Waals surface area contributed by atoms with Crippen LogP contribution in [0.5, 0.6) is 0 Å². The quantitative estimate of drug-likeness (QED) is 0.903. The van der Waals surface area contributed by atoms with Crippen LogP contribution in [0.4, 0.5) is 11.8 Å². The van der Waals surface area contributed by atoms with Gasteiger partial charge in [0.15, 0.2) is 0 Å². The molecule has 106 valence electrons. The van der Waals surface area contributed by atoms with Crippen molar-refractivity contribution in [3.8, 4) is 0 Å². The summed E-state index contributed by atoms with van der Waals surface area (Å²) in [5.41, 5.74) is 0.977. The Labute approximate surface area is 123 Å². The van der Waals surface area contributed by atoms with Gasteiger partial charge in [-0.3, -0.25) is 0 Å². The molecule has 1 aliphatic heterocycles. The molecule has 3 rings (SSSR count). The molecule has 2 heterocycles. The van der Waals surface area contributed by atoms with Gasteiger partial charge in [0.2, 0.25) is 5.95 Å². The Balaban J connectivity index is 1.81. The molecular weight excluding hydrogens is 268 g/mol. The molecule has 1 unspecified atom stereocenters. The lowest BCUT2D eigenvalue weighted by molar-refractivity contribution is 0.677. The van der Waals surface area contributed by atoms with Crippen molar-refractivity contribution in [2.24, 2.45) is 0 Å². The van der Waals surface area contributed by atoms with E-state index in [0.717, 1.165) is 23.3 Å². The molecule has 4 nitrogen and oxygen atoms in total. The van der Waals surface area contributed by atoms with E-state index < -0.39 is 0 Å². The van der Waals surface area contributed by atoms with Crippen LogP contribution in [-0.4, -0.2) is 34.6 Å². The van der Waals surface area contributed by atoms with Crippen molar-refractivity contribution in [3.05, 3.63) is 24.3 Å². The Morgan fingerprint density at radius 3 is 2.95 bits per heavy atom. The van der Waals surface area contributed by atoms with E-state index in [2.05, 4.69) is 38.4 Å². The van der Waals surface area contributed by atoms with Crippen LogP contribution in [0.3, 0.4) is 0 Å². The zero-order valence-electron chi connectivity index (χ0n) is 11.7. The lowest BCUT2D eigenvalue weighted by Gasteiger charge is -2.22. The second kappa shape index (κ2) is 6.31. The smallest absolute Gasteiger partial charge is 0.224 e. The summed E-state index contributed by atoms with van der Waals surface area (Å²) in [4.78, 5) is 9.04. The molecular formula is C15H20N4S. The highest BCUT2D eigenvalue weighted by Crippen LogP contribution is 2.27. The number of benzene rings is 1. The predicted molar refractivity (Wildman–Crippen MR) is 87.7 cm³/mol. The van der Waals surface area contributed by atoms with Crippen LogP contribution < -0.4 is 10.6 Å². The summed E-state index contributed by atoms with van der Waals surface area (Å²) < 4.78 is 0. The normalized spacial score (nSPS) is 18.9. The SMILES string of the molecule is CNc1nc(NCC2CCCCS2)c2ccccc2n1. The molecule has 0 saturated carbocycles. The third-order valence-electron chi connectivity index (χ3n) is 3.60. The molecule has 2 N–H and O–H groups in total. The van der Waals surface area contributed by atoms with Gasteiger partial charge in [0.1, 0.15) is 5.82 Å². The van der Waals surface area contributed by atoms with Gasteiger partial charge in [-0.05, 0) is 30.7 Å². The number of fused-ring (bicyclic) bond motifs is 1. The van der Waals surface area contributed by atoms with Crippen molar-refractivity contribution in [1.29, 1.82) is 0 Å². The molecule has 20 heavy (non-hydrogen) atoms. The Morgan fingerprint density at radius 1 is 1.25 bits per heavy atom. The van der Waals surface area contributed by atoms with E-state index in [0.29, 0.717) is 11.2 Å². The first kappa shape index (κ1) is 13.5. The van der Waals surface area contributed by atoms with Crippen LogP contribution >= 0.6 is 11.8 Å². The predicted octanol–water partition coefficient (Wildman–Crippen LogP) is 3.37. The molecule has 0 aliphatic carbocycles. The van der Waals surface area contributed by atoms with Crippen LogP contribution in [0.1, 0.15) is 19.3 Å². The van der Waals surface area contributed by atoms with Gasteiger partial charge < -0.3 is 10.6 Å². The Morgan fingerprint density at radius 2 is 2.15 bits per heavy atom. The average molecular weight is 288 g/mol. The van der Waals surface area contributed by atoms with E-state index in [1.165, 1.54) is 25.0 Å². The number of thioether (sulfide) groups is 1. The van der Waals surface area contributed by atoms with Gasteiger partial charge in [0.05, 0.1) is 5.52 Å². The van der Waals surface area contributed by atoms with Crippen LogP contribution in [0.15, 0.2) is 24.3 Å². The summed E-state index contributed by atoms with van der Waals surface area (Å²) in [5, 5.41) is 8.34. The highest BCUT2D eigenvalue weighted by atomic mass is 32.2. The standard InChI is InChI=1S/C15H20N4S/c1-16-15-18-13-8-3-2-7-12(13)14(19-15)17-10-11-6-4-5-9-20-11/h2-3,7-8,11H,4-6,9-10H2,1H3,(H2,16,17,18,19). The lowest BCUT2D eigenvalue weighted by atomic mass is 10.2. The van der Waals surface area contributed by atoms with E-state index in [1.54, 1.807) is 0 Å². The van der Waals surface area contributed by atoms with E-state index in [1.807, 2.05) is 25.2 Å². The Bertz CT molecular complexity index is 581. The van der Waals surface area contributed by atoms with Crippen LogP contribution in [0.25, 0.3) is 10.9 Å². The van der Waals surface area contributed by atoms with Crippen LogP contribution in [0, 0.1) is 0 Å². The maximum Gasteiger partial charge on any atom is 0.224 e. The summed E-state index contributed by atoms with van der Waals surface area (Å²) in [5.74, 6) is 2.90. The molecule has 0 radical (unpaired) electrons. The minimum Gasteiger partial charge on any atom is -0.368 e. The van der Waals surface area contributed by atoms with Gasteiger partial charge in [0, 0.05) is 24.2 Å². The Hall–Kier alpha value is -1.49. The number of nitrogens with zero attached hydrogens (tertiary/aromatic N) is 2. The number of nitrogens with one attached hydrogen (secondary N) is 2. The van der Waals surface area contributed by atoms with Crippen molar-refractivity contribution in [2.75, 3.05) is 30.0 Å². The monoisotopic (exact) mass is 288 g/mol. The van der Waals surface area contributed by atoms with Crippen molar-refractivity contribution >= 4 is 34.4 Å². The summed E-state index contributed by atoms with van der Waals surface area (Å²) >= 11 is 2.08. The van der Waals surface area contributed by atoms with E-state index in [9.17, 15) is 0 Å². The first-order valence-corrected chi connectivity index (χ1v) is 8.21. The number of hydrogen-bond donors (Lipinski definition) is 2. The second-order valence-electron chi connectivity index (χ2n) is 5.03. The van der Waals surface area contributed by atoms with E-state index in [-0.39, 0.29) is 0 Å². The minimum atomic E-state index is 0.669. The van der Waals surface area contributed by atoms with Gasteiger partial charge in [-0.15, -0.1) is 0 Å². The summed E-state index contributed by atoms with van der Waals surface area (Å²) in [7, 11) is 1.85. The number of anilines is 2. The highest BCUT2D eigenvalue weighted by molar-refractivity contribution is 7.99. The van der Waals surface area contributed by atoms with Gasteiger partial charge in [-0.25, -0.2) is 4.98 Å². The zero-order chi connectivity index (χ0) is 13.8.